The summed E-state index contributed by atoms with van der Waals surface area (Å²) < 4.78 is 17.8. The van der Waals surface area contributed by atoms with Gasteiger partial charge in [-0.3, -0.25) is 34.4 Å². The van der Waals surface area contributed by atoms with Crippen molar-refractivity contribution in [1.29, 1.82) is 0 Å². The number of pyridine rings is 1. The number of ether oxygens (including phenoxy) is 2. The van der Waals surface area contributed by atoms with Gasteiger partial charge in [0.1, 0.15) is 23.1 Å². The number of piperidine rings is 1. The lowest BCUT2D eigenvalue weighted by Gasteiger charge is -2.27. The van der Waals surface area contributed by atoms with E-state index < -0.39 is 29.7 Å². The van der Waals surface area contributed by atoms with Crippen molar-refractivity contribution in [3.8, 4) is 5.75 Å². The maximum atomic E-state index is 13.2. The molecule has 2 aliphatic rings. The summed E-state index contributed by atoms with van der Waals surface area (Å²) in [5, 5.41) is 6.81. The molecule has 2 aromatic carbocycles. The lowest BCUT2D eigenvalue weighted by molar-refractivity contribution is -0.136. The predicted molar refractivity (Wildman–Crippen MR) is 159 cm³/mol. The van der Waals surface area contributed by atoms with E-state index in [0.717, 1.165) is 33.6 Å². The van der Waals surface area contributed by atoms with E-state index in [2.05, 4.69) is 21.7 Å². The molecule has 0 saturated carbocycles. The van der Waals surface area contributed by atoms with Crippen molar-refractivity contribution in [1.82, 2.24) is 20.5 Å². The second-order valence-electron chi connectivity index (χ2n) is 10.7. The Morgan fingerprint density at radius 2 is 1.84 bits per heavy atom. The first-order valence-electron chi connectivity index (χ1n) is 14.7. The van der Waals surface area contributed by atoms with Crippen molar-refractivity contribution in [2.45, 2.75) is 37.8 Å². The van der Waals surface area contributed by atoms with Gasteiger partial charge in [-0.25, -0.2) is 0 Å². The number of benzene rings is 2. The number of para-hydroxylation sites is 1. The van der Waals surface area contributed by atoms with E-state index >= 15 is 0 Å². The molecular formula is C33H32N4O7. The van der Waals surface area contributed by atoms with E-state index in [9.17, 15) is 19.2 Å². The van der Waals surface area contributed by atoms with Crippen LogP contribution in [0.2, 0.25) is 0 Å². The van der Waals surface area contributed by atoms with Gasteiger partial charge in [-0.05, 0) is 55.3 Å². The Morgan fingerprint density at radius 1 is 0.977 bits per heavy atom. The lowest BCUT2D eigenvalue weighted by atomic mass is 10.0. The molecule has 4 aromatic rings. The van der Waals surface area contributed by atoms with E-state index in [0.29, 0.717) is 26.2 Å². The fraction of sp³-hybridized carbons (Fsp3) is 0.303. The molecule has 6 rings (SSSR count). The average Bonchev–Trinajstić information content (AvgIpc) is 3.57. The topological polar surface area (TPSA) is 140 Å². The number of carbonyl (C=O) groups excluding carboxylic acids is 4. The molecule has 11 nitrogen and oxygen atoms in total. The van der Waals surface area contributed by atoms with Crippen molar-refractivity contribution in [3.63, 3.8) is 0 Å². The van der Waals surface area contributed by atoms with Crippen LogP contribution >= 0.6 is 0 Å². The fourth-order valence-corrected chi connectivity index (χ4v) is 5.54. The first-order valence-corrected chi connectivity index (χ1v) is 14.7. The zero-order chi connectivity index (χ0) is 30.5. The third-order valence-corrected chi connectivity index (χ3v) is 7.68. The summed E-state index contributed by atoms with van der Waals surface area (Å²) in [5.41, 5.74) is 2.18. The number of fused-ring (bicyclic) bond motifs is 2. The lowest BCUT2D eigenvalue weighted by Crippen LogP contribution is -2.54. The zero-order valence-corrected chi connectivity index (χ0v) is 24.0. The average molecular weight is 597 g/mol. The summed E-state index contributed by atoms with van der Waals surface area (Å²) in [6.45, 7) is 1.98. The highest BCUT2D eigenvalue weighted by molar-refractivity contribution is 6.24. The maximum absolute atomic E-state index is 13.2. The molecule has 0 bridgehead atoms. The van der Waals surface area contributed by atoms with Gasteiger partial charge < -0.3 is 19.2 Å². The number of furan rings is 1. The van der Waals surface area contributed by atoms with Gasteiger partial charge in [0.25, 0.3) is 11.8 Å². The number of nitrogens with zero attached hydrogens (tertiary/aromatic N) is 2. The molecule has 4 amide bonds. The third-order valence-electron chi connectivity index (χ3n) is 7.68. The summed E-state index contributed by atoms with van der Waals surface area (Å²) >= 11 is 0. The summed E-state index contributed by atoms with van der Waals surface area (Å²) in [4.78, 5) is 55.2. The second kappa shape index (κ2) is 13.2. The van der Waals surface area contributed by atoms with Crippen LogP contribution in [0.5, 0.6) is 5.75 Å². The van der Waals surface area contributed by atoms with Crippen LogP contribution in [0.3, 0.4) is 0 Å². The largest absolute Gasteiger partial charge is 0.493 e. The molecule has 0 spiro atoms. The van der Waals surface area contributed by atoms with Crippen molar-refractivity contribution in [3.05, 3.63) is 95.5 Å². The van der Waals surface area contributed by atoms with Crippen LogP contribution < -0.4 is 15.4 Å². The zero-order valence-electron chi connectivity index (χ0n) is 24.0. The molecule has 1 saturated heterocycles. The first kappa shape index (κ1) is 29.2. The van der Waals surface area contributed by atoms with Crippen LogP contribution in [0.4, 0.5) is 0 Å². The smallest absolute Gasteiger partial charge is 0.266 e. The molecule has 44 heavy (non-hydrogen) atoms. The van der Waals surface area contributed by atoms with Crippen molar-refractivity contribution in [2.24, 2.45) is 0 Å². The van der Waals surface area contributed by atoms with Gasteiger partial charge in [0.2, 0.25) is 11.8 Å². The minimum atomic E-state index is -1.02. The predicted octanol–water partition coefficient (Wildman–Crippen LogP) is 3.78. The SMILES string of the molecule is O=C1CCC(N2C(=O)c3cccc(OCCCOCCCNC(c4cccnc4)c4cc5ccccc5o4)c3C2=O)C(=O)N1. The highest BCUT2D eigenvalue weighted by Gasteiger charge is 2.46. The van der Waals surface area contributed by atoms with Crippen molar-refractivity contribution in [2.75, 3.05) is 26.4 Å². The molecule has 2 aromatic heterocycles. The van der Waals surface area contributed by atoms with E-state index in [1.165, 1.54) is 0 Å². The molecule has 0 radical (unpaired) electrons. The van der Waals surface area contributed by atoms with Gasteiger partial charge in [0.15, 0.2) is 0 Å². The number of rotatable bonds is 13. The van der Waals surface area contributed by atoms with Crippen LogP contribution in [-0.4, -0.2) is 65.9 Å². The maximum Gasteiger partial charge on any atom is 0.266 e. The Hall–Kier alpha value is -4.87. The molecule has 4 heterocycles. The summed E-state index contributed by atoms with van der Waals surface area (Å²) in [5.74, 6) is -1.11. The number of hydrogen-bond donors (Lipinski definition) is 2. The Balaban J connectivity index is 0.955. The molecular weight excluding hydrogens is 564 g/mol. The Morgan fingerprint density at radius 3 is 2.66 bits per heavy atom. The van der Waals surface area contributed by atoms with Crippen LogP contribution in [0.25, 0.3) is 11.0 Å². The Bertz CT molecular complexity index is 1650. The Kier molecular flexibility index (Phi) is 8.76. The normalized spacial score (nSPS) is 17.2. The van der Waals surface area contributed by atoms with Gasteiger partial charge in [-0.2, -0.15) is 0 Å². The number of carbonyl (C=O) groups is 4. The molecule has 2 aliphatic heterocycles. The van der Waals surface area contributed by atoms with Crippen molar-refractivity contribution >= 4 is 34.6 Å². The first-order chi connectivity index (χ1) is 21.5. The minimum Gasteiger partial charge on any atom is -0.493 e. The molecule has 2 atom stereocenters. The second-order valence-corrected chi connectivity index (χ2v) is 10.7. The van der Waals surface area contributed by atoms with Gasteiger partial charge >= 0.3 is 0 Å². The number of amides is 4. The molecule has 1 fully saturated rings. The highest BCUT2D eigenvalue weighted by Crippen LogP contribution is 2.34. The summed E-state index contributed by atoms with van der Waals surface area (Å²) in [7, 11) is 0. The summed E-state index contributed by atoms with van der Waals surface area (Å²) in [6, 6.07) is 17.5. The molecule has 2 N–H and O–H groups in total. The van der Waals surface area contributed by atoms with E-state index in [-0.39, 0.29) is 42.4 Å². The van der Waals surface area contributed by atoms with E-state index in [4.69, 9.17) is 13.9 Å². The standard InChI is InChI=1S/C33H32N4O7/c38-28-13-12-24(31(39)36-28)37-32(40)23-9-3-11-26(29(23)33(37)41)43-18-6-17-42-16-5-15-35-30(22-8-4-14-34-20-22)27-19-21-7-1-2-10-25(21)44-27/h1-4,7-11,14,19-20,24,30,35H,5-6,12-13,15-18H2,(H,36,38,39). The van der Waals surface area contributed by atoms with Crippen LogP contribution in [0, 0.1) is 0 Å². The van der Waals surface area contributed by atoms with Crippen molar-refractivity contribution < 1.29 is 33.1 Å². The number of imide groups is 2. The van der Waals surface area contributed by atoms with Crippen LogP contribution in [0.1, 0.15) is 63.8 Å². The van der Waals surface area contributed by atoms with Gasteiger partial charge in [0, 0.05) is 43.8 Å². The number of aromatic nitrogens is 1. The third kappa shape index (κ3) is 6.10. The molecule has 11 heteroatoms. The van der Waals surface area contributed by atoms with Crippen LogP contribution in [-0.2, 0) is 14.3 Å². The highest BCUT2D eigenvalue weighted by atomic mass is 16.5. The van der Waals surface area contributed by atoms with E-state index in [1.54, 1.807) is 24.4 Å². The molecule has 2 unspecified atom stereocenters. The van der Waals surface area contributed by atoms with Gasteiger partial charge in [-0.15, -0.1) is 0 Å². The van der Waals surface area contributed by atoms with Gasteiger partial charge in [-0.1, -0.05) is 30.3 Å². The Labute approximate surface area is 253 Å². The molecule has 0 aliphatic carbocycles. The van der Waals surface area contributed by atoms with Crippen LogP contribution in [0.15, 0.2) is 77.5 Å². The monoisotopic (exact) mass is 596 g/mol. The minimum absolute atomic E-state index is 0.0651. The van der Waals surface area contributed by atoms with Gasteiger partial charge in [0.05, 0.1) is 23.8 Å². The fourth-order valence-electron chi connectivity index (χ4n) is 5.54. The summed E-state index contributed by atoms with van der Waals surface area (Å²) in [6.07, 6.45) is 5.10. The van der Waals surface area contributed by atoms with E-state index in [1.807, 2.05) is 42.6 Å². The molecule has 226 valence electrons. The quantitative estimate of drug-likeness (QED) is 0.174. The number of hydrogen-bond acceptors (Lipinski definition) is 9. The number of nitrogens with one attached hydrogen (secondary N) is 2.